The van der Waals surface area contributed by atoms with E-state index in [1.54, 1.807) is 0 Å². The van der Waals surface area contributed by atoms with Crippen molar-refractivity contribution in [1.82, 2.24) is 4.40 Å². The molecule has 0 aliphatic carbocycles. The summed E-state index contributed by atoms with van der Waals surface area (Å²) in [7, 11) is 0. The Bertz CT molecular complexity index is 2900. The molecule has 3 nitrogen and oxygen atoms in total. The maximum absolute atomic E-state index is 5.31. The predicted octanol–water partition coefficient (Wildman–Crippen LogP) is 10.9. The number of rotatable bonds is 1. The van der Waals surface area contributed by atoms with Crippen LogP contribution >= 0.6 is 11.3 Å². The van der Waals surface area contributed by atoms with Crippen molar-refractivity contribution in [3.05, 3.63) is 157 Å². The van der Waals surface area contributed by atoms with Gasteiger partial charge in [0.15, 0.2) is 6.20 Å². The number of benzene rings is 5. The summed E-state index contributed by atoms with van der Waals surface area (Å²) in [6, 6.07) is 40.6. The van der Waals surface area contributed by atoms with Gasteiger partial charge in [-0.25, -0.2) is 4.99 Å². The molecule has 6 heterocycles. The van der Waals surface area contributed by atoms with E-state index < -0.39 is 0 Å². The van der Waals surface area contributed by atoms with Gasteiger partial charge in [-0.2, -0.15) is 4.57 Å². The molecular formula is C44H30N3S+. The van der Waals surface area contributed by atoms with Crippen molar-refractivity contribution in [2.75, 3.05) is 0 Å². The van der Waals surface area contributed by atoms with E-state index in [4.69, 9.17) is 4.99 Å². The zero-order chi connectivity index (χ0) is 31.7. The molecule has 4 heteroatoms. The number of aliphatic imine (C=N–C) groups is 1. The summed E-state index contributed by atoms with van der Waals surface area (Å²) in [4.78, 5) is 5.31. The van der Waals surface area contributed by atoms with Gasteiger partial charge >= 0.3 is 0 Å². The third-order valence-electron chi connectivity index (χ3n) is 11.1. The highest BCUT2D eigenvalue weighted by molar-refractivity contribution is 7.26. The van der Waals surface area contributed by atoms with Crippen molar-refractivity contribution in [2.24, 2.45) is 4.99 Å². The first-order valence-corrected chi connectivity index (χ1v) is 17.6. The van der Waals surface area contributed by atoms with Crippen LogP contribution in [0, 0.1) is 0 Å². The molecule has 226 valence electrons. The second kappa shape index (κ2) is 9.50. The molecule has 0 N–H and O–H groups in total. The molecule has 2 atom stereocenters. The van der Waals surface area contributed by atoms with Crippen LogP contribution in [0.4, 0.5) is 0 Å². The minimum Gasteiger partial charge on any atom is -0.308 e. The number of allylic oxidation sites excluding steroid dienone is 2. The molecule has 11 rings (SSSR count). The zero-order valence-corrected chi connectivity index (χ0v) is 27.1. The molecule has 2 aliphatic rings. The van der Waals surface area contributed by atoms with Crippen molar-refractivity contribution in [1.29, 1.82) is 0 Å². The zero-order valence-electron chi connectivity index (χ0n) is 26.3. The Morgan fingerprint density at radius 1 is 0.750 bits per heavy atom. The number of hydrogen-bond acceptors (Lipinski definition) is 2. The lowest BCUT2D eigenvalue weighted by Crippen LogP contribution is -2.48. The fourth-order valence-electron chi connectivity index (χ4n) is 9.11. The molecule has 0 saturated heterocycles. The van der Waals surface area contributed by atoms with E-state index in [2.05, 4.69) is 138 Å². The molecule has 2 aliphatic heterocycles. The van der Waals surface area contributed by atoms with Gasteiger partial charge in [-0.15, -0.1) is 11.3 Å². The minimum atomic E-state index is 0.0313. The molecule has 0 saturated carbocycles. The second-order valence-electron chi connectivity index (χ2n) is 13.4. The lowest BCUT2D eigenvalue weighted by molar-refractivity contribution is -0.709. The highest BCUT2D eigenvalue weighted by Gasteiger charge is 2.42. The van der Waals surface area contributed by atoms with Crippen LogP contribution in [0.15, 0.2) is 145 Å². The number of aryl methyl sites for hydroxylation is 1. The summed E-state index contributed by atoms with van der Waals surface area (Å²) in [5.41, 5.74) is 12.0. The third kappa shape index (κ3) is 3.33. The first kappa shape index (κ1) is 26.5. The summed E-state index contributed by atoms with van der Waals surface area (Å²) < 4.78 is 7.61. The third-order valence-corrected chi connectivity index (χ3v) is 12.2. The molecule has 0 spiro atoms. The number of aromatic nitrogens is 2. The molecule has 48 heavy (non-hydrogen) atoms. The highest BCUT2D eigenvalue weighted by Crippen LogP contribution is 2.48. The quantitative estimate of drug-likeness (QED) is 0.161. The van der Waals surface area contributed by atoms with Gasteiger partial charge in [0.25, 0.3) is 0 Å². The van der Waals surface area contributed by atoms with Gasteiger partial charge in [0.1, 0.15) is 5.70 Å². The summed E-state index contributed by atoms with van der Waals surface area (Å²) in [5.74, 6) is 0.249. The number of pyridine rings is 1. The van der Waals surface area contributed by atoms with Crippen LogP contribution in [0.2, 0.25) is 0 Å². The Labute approximate surface area is 281 Å². The minimum absolute atomic E-state index is 0.0313. The van der Waals surface area contributed by atoms with E-state index in [1.807, 2.05) is 17.4 Å². The van der Waals surface area contributed by atoms with Crippen LogP contribution in [-0.4, -0.2) is 10.1 Å². The maximum Gasteiger partial charge on any atom is 0.213 e. The van der Waals surface area contributed by atoms with Crippen LogP contribution in [0.1, 0.15) is 35.1 Å². The number of hydrogen-bond donors (Lipinski definition) is 0. The van der Waals surface area contributed by atoms with Crippen LogP contribution < -0.4 is 4.57 Å². The lowest BCUT2D eigenvalue weighted by atomic mass is 9.78. The van der Waals surface area contributed by atoms with Crippen LogP contribution in [-0.2, 0) is 6.42 Å². The number of para-hydroxylation sites is 1. The van der Waals surface area contributed by atoms with Crippen LogP contribution in [0.5, 0.6) is 0 Å². The maximum atomic E-state index is 5.31. The number of fused-ring (bicyclic) bond motifs is 17. The first-order chi connectivity index (χ1) is 23.7. The standard InChI is InChI=1S/C44H30N3S/c1-3-35-33-24-34-29-14-10-15-32-41-37(20-21-40-42(41)31-13-6-7-17-39(31)48-40)47(44(29)32)38(34)23-26(33)18-19-30-27-11-4-5-12-28(27)36-16-8-9-22-46(36)43(30)25(2)45-35/h3-17,20-24,30,43H,1-2,18-19H2/q+1/b45-35-. The van der Waals surface area contributed by atoms with Crippen molar-refractivity contribution in [2.45, 2.75) is 24.8 Å². The van der Waals surface area contributed by atoms with E-state index in [0.29, 0.717) is 0 Å². The second-order valence-corrected chi connectivity index (χ2v) is 14.4. The average Bonchev–Trinajstić information content (AvgIpc) is 3.79. The van der Waals surface area contributed by atoms with E-state index in [1.165, 1.54) is 80.7 Å². The van der Waals surface area contributed by atoms with Gasteiger partial charge in [0.2, 0.25) is 11.7 Å². The average molecular weight is 633 g/mol. The Balaban J connectivity index is 1.19. The molecule has 0 fully saturated rings. The largest absolute Gasteiger partial charge is 0.308 e. The SMILES string of the molecule is C=C/C1=N/C(=C)C2C(CCc3cc4c(cc31)c1cccc3c5c6c(ccc5n4c13)sc1ccccc16)c1ccccc1-c1cccc[n+]12. The van der Waals surface area contributed by atoms with Crippen LogP contribution in [0.3, 0.4) is 0 Å². The Morgan fingerprint density at radius 2 is 1.58 bits per heavy atom. The first-order valence-electron chi connectivity index (χ1n) is 16.7. The van der Waals surface area contributed by atoms with E-state index >= 15 is 0 Å². The summed E-state index contributed by atoms with van der Waals surface area (Å²) in [6.45, 7) is 8.90. The van der Waals surface area contributed by atoms with Gasteiger partial charge in [0.05, 0.1) is 28.2 Å². The molecule has 0 amide bonds. The fraction of sp³-hybridized carbons (Fsp3) is 0.0909. The predicted molar refractivity (Wildman–Crippen MR) is 202 cm³/mol. The Morgan fingerprint density at radius 3 is 2.52 bits per heavy atom. The molecule has 2 unspecified atom stereocenters. The Hall–Kier alpha value is -5.58. The van der Waals surface area contributed by atoms with Crippen LogP contribution in [0.25, 0.3) is 69.5 Å². The molecular weight excluding hydrogens is 603 g/mol. The number of nitrogens with zero attached hydrogens (tertiary/aromatic N) is 3. The number of thiophene rings is 1. The molecule has 0 bridgehead atoms. The smallest absolute Gasteiger partial charge is 0.213 e. The lowest BCUT2D eigenvalue weighted by Gasteiger charge is -2.30. The van der Waals surface area contributed by atoms with E-state index in [9.17, 15) is 0 Å². The van der Waals surface area contributed by atoms with Crippen molar-refractivity contribution in [3.8, 4) is 11.3 Å². The molecule has 5 aromatic carbocycles. The monoisotopic (exact) mass is 632 g/mol. The summed E-state index contributed by atoms with van der Waals surface area (Å²) >= 11 is 1.89. The molecule has 0 radical (unpaired) electrons. The van der Waals surface area contributed by atoms with Gasteiger partial charge < -0.3 is 4.40 Å². The van der Waals surface area contributed by atoms with Gasteiger partial charge in [-0.05, 0) is 72.5 Å². The summed E-state index contributed by atoms with van der Waals surface area (Å²) in [6.07, 6.45) is 6.04. The fourth-order valence-corrected chi connectivity index (χ4v) is 10.2. The topological polar surface area (TPSA) is 20.6 Å². The van der Waals surface area contributed by atoms with E-state index in [0.717, 1.165) is 29.8 Å². The highest BCUT2D eigenvalue weighted by atomic mass is 32.1. The molecule has 4 aromatic heterocycles. The van der Waals surface area contributed by atoms with Crippen molar-refractivity contribution < 1.29 is 4.57 Å². The van der Waals surface area contributed by atoms with Crippen molar-refractivity contribution >= 4 is 75.3 Å². The van der Waals surface area contributed by atoms with Gasteiger partial charge in [0, 0.05) is 65.0 Å². The Kier molecular flexibility index (Phi) is 5.24. The molecule has 9 aromatic rings. The summed E-state index contributed by atoms with van der Waals surface area (Å²) in [5, 5.41) is 7.94. The van der Waals surface area contributed by atoms with E-state index in [-0.39, 0.29) is 12.0 Å². The van der Waals surface area contributed by atoms with Gasteiger partial charge in [-0.3, -0.25) is 0 Å². The van der Waals surface area contributed by atoms with Crippen molar-refractivity contribution in [3.63, 3.8) is 0 Å². The normalized spacial score (nSPS) is 18.8. The van der Waals surface area contributed by atoms with Gasteiger partial charge in [-0.1, -0.05) is 67.8 Å².